The molecule has 0 bridgehead atoms. The van der Waals surface area contributed by atoms with E-state index in [0.717, 1.165) is 0 Å². The molecule has 0 amide bonds. The minimum Gasteiger partial charge on any atom is -0.828 e. The Morgan fingerprint density at radius 1 is 1.43 bits per heavy atom. The second kappa shape index (κ2) is 11.9. The third-order valence-corrected chi connectivity index (χ3v) is 0.0757. The van der Waals surface area contributed by atoms with Crippen LogP contribution in [0.1, 0.15) is 0 Å². The predicted molar refractivity (Wildman–Crippen MR) is 7.95 cm³/mol. The van der Waals surface area contributed by atoms with Gasteiger partial charge in [0.15, 0.2) is 0 Å². The normalized spacial score (nSPS) is 5.57. The molecule has 0 fully saturated rings. The molecule has 0 atom stereocenters. The minimum atomic E-state index is -2.92. The predicted octanol–water partition coefficient (Wildman–Crippen LogP) is -8.40. The van der Waals surface area contributed by atoms with Gasteiger partial charge in [-0.25, -0.2) is 0 Å². The molecule has 0 aromatic heterocycles. The van der Waals surface area contributed by atoms with E-state index in [9.17, 15) is 4.32 Å². The van der Waals surface area contributed by atoms with E-state index in [-0.39, 0.29) is 103 Å². The van der Waals surface area contributed by atoms with Crippen molar-refractivity contribution in [3.05, 3.63) is 0 Å². The average Bonchev–Trinajstić information content (AvgIpc) is 1.38. The first-order valence-corrected chi connectivity index (χ1v) is 0.856. The molecule has 0 aliphatic rings. The van der Waals surface area contributed by atoms with E-state index in [2.05, 4.69) is 4.81 Å². The summed E-state index contributed by atoms with van der Waals surface area (Å²) < 4.78 is 10.3. The van der Waals surface area contributed by atoms with Gasteiger partial charge in [-0.15, -0.1) is 0 Å². The molecule has 0 unspecified atom stereocenters. The molecule has 0 aromatic rings. The van der Waals surface area contributed by atoms with E-state index in [4.69, 9.17) is 10.3 Å². The summed E-state index contributed by atoms with van der Waals surface area (Å²) in [5.41, 5.74) is 0. The van der Waals surface area contributed by atoms with Crippen LogP contribution in [0.5, 0.6) is 0 Å². The molecule has 3 nitrogen and oxygen atoms in total. The summed E-state index contributed by atoms with van der Waals surface area (Å²) in [5, 5.41) is 17.1. The number of halogens is 1. The first-order chi connectivity index (χ1) is 2.27. The molecule has 0 aliphatic heterocycles. The standard InChI is InChI=1S/BFHO3.2K/c2-1(3)5-4;;/h4H;;/q-1;2*+1/p-1. The fourth-order valence-electron chi connectivity index (χ4n) is 0. The molecule has 0 saturated heterocycles. The van der Waals surface area contributed by atoms with Crippen LogP contribution in [0.15, 0.2) is 0 Å². The molecule has 0 aliphatic carbocycles. The van der Waals surface area contributed by atoms with Crippen molar-refractivity contribution < 1.29 is 122 Å². The van der Waals surface area contributed by atoms with Crippen molar-refractivity contribution in [3.63, 3.8) is 0 Å². The zero-order chi connectivity index (χ0) is 4.28. The molecule has 0 radical (unpaired) electrons. The van der Waals surface area contributed by atoms with Crippen LogP contribution in [0.2, 0.25) is 0 Å². The fraction of sp³-hybridized carbons (Fsp3) is 0. The Morgan fingerprint density at radius 3 is 1.57 bits per heavy atom. The van der Waals surface area contributed by atoms with Crippen LogP contribution in [0.4, 0.5) is 4.32 Å². The zero-order valence-corrected chi connectivity index (χ0v) is 10.4. The van der Waals surface area contributed by atoms with Crippen LogP contribution in [0.25, 0.3) is 0 Å². The summed E-state index contributed by atoms with van der Waals surface area (Å²) in [7, 11) is -2.92. The maximum atomic E-state index is 10.3. The van der Waals surface area contributed by atoms with Crippen molar-refractivity contribution >= 4 is 7.40 Å². The Hall–Kier alpha value is 3.15. The smallest absolute Gasteiger partial charge is 0.828 e. The fourth-order valence-corrected chi connectivity index (χ4v) is 0. The van der Waals surface area contributed by atoms with E-state index in [1.165, 1.54) is 0 Å². The van der Waals surface area contributed by atoms with Gasteiger partial charge < -0.3 is 19.4 Å². The second-order valence-corrected chi connectivity index (χ2v) is 0.371. The van der Waals surface area contributed by atoms with Gasteiger partial charge in [-0.05, 0) is 0 Å². The third-order valence-electron chi connectivity index (χ3n) is 0.0757. The molecule has 0 N–H and O–H groups in total. The minimum absolute atomic E-state index is 0. The van der Waals surface area contributed by atoms with Gasteiger partial charge in [0.05, 0.1) is 0 Å². The van der Waals surface area contributed by atoms with Crippen LogP contribution < -0.4 is 113 Å². The van der Waals surface area contributed by atoms with Gasteiger partial charge in [-0.2, -0.15) is 0 Å². The molecule has 0 spiro atoms. The SMILES string of the molecule is [K+].[K+].[O-]OB([O-])F. The summed E-state index contributed by atoms with van der Waals surface area (Å²) >= 11 is 0. The number of hydrogen-bond donors (Lipinski definition) is 0. The Morgan fingerprint density at radius 2 is 1.57 bits per heavy atom. The summed E-state index contributed by atoms with van der Waals surface area (Å²) in [6, 6.07) is 0. The maximum Gasteiger partial charge on any atom is 1.00 e. The number of hydrogen-bond acceptors (Lipinski definition) is 3. The maximum absolute atomic E-state index is 10.3. The quantitative estimate of drug-likeness (QED) is 0.215. The molecular formula is BFK2O3. The Kier molecular flexibility index (Phi) is 28.2. The molecule has 0 rings (SSSR count). The van der Waals surface area contributed by atoms with E-state index in [1.807, 2.05) is 0 Å². The molecule has 0 heterocycles. The van der Waals surface area contributed by atoms with Crippen LogP contribution in [-0.4, -0.2) is 7.40 Å². The second-order valence-electron chi connectivity index (χ2n) is 0.371. The summed E-state index contributed by atoms with van der Waals surface area (Å²) in [6.07, 6.45) is 0. The average molecular weight is 156 g/mol. The Bertz CT molecular complexity index is 26.9. The van der Waals surface area contributed by atoms with Gasteiger partial charge in [0.2, 0.25) is 0 Å². The van der Waals surface area contributed by atoms with Crippen molar-refractivity contribution in [2.45, 2.75) is 0 Å². The molecule has 7 heteroatoms. The van der Waals surface area contributed by atoms with E-state index >= 15 is 0 Å². The van der Waals surface area contributed by atoms with Gasteiger partial charge in [0.25, 0.3) is 0 Å². The van der Waals surface area contributed by atoms with Crippen molar-refractivity contribution in [1.29, 1.82) is 0 Å². The van der Waals surface area contributed by atoms with Crippen LogP contribution in [0.3, 0.4) is 0 Å². The zero-order valence-electron chi connectivity index (χ0n) is 4.18. The molecule has 30 valence electrons. The summed E-state index contributed by atoms with van der Waals surface area (Å²) in [6.45, 7) is 0. The van der Waals surface area contributed by atoms with Gasteiger partial charge in [-0.1, -0.05) is 0 Å². The third kappa shape index (κ3) is 17.6. The van der Waals surface area contributed by atoms with Gasteiger partial charge in [-0.3, -0.25) is 0 Å². The van der Waals surface area contributed by atoms with Crippen molar-refractivity contribution in [3.8, 4) is 0 Å². The molecule has 0 aromatic carbocycles. The van der Waals surface area contributed by atoms with Gasteiger partial charge >= 0.3 is 110 Å². The van der Waals surface area contributed by atoms with Crippen molar-refractivity contribution in [2.24, 2.45) is 0 Å². The van der Waals surface area contributed by atoms with E-state index < -0.39 is 7.40 Å². The van der Waals surface area contributed by atoms with Crippen molar-refractivity contribution in [1.82, 2.24) is 0 Å². The monoisotopic (exact) mass is 156 g/mol. The van der Waals surface area contributed by atoms with Crippen LogP contribution in [-0.2, 0) is 4.81 Å². The summed E-state index contributed by atoms with van der Waals surface area (Å²) in [5.74, 6) is 0. The first kappa shape index (κ1) is 16.6. The Balaban J connectivity index is -0.0000000800. The van der Waals surface area contributed by atoms with E-state index in [1.54, 1.807) is 0 Å². The first-order valence-electron chi connectivity index (χ1n) is 0.856. The topological polar surface area (TPSA) is 55.3 Å². The van der Waals surface area contributed by atoms with Gasteiger partial charge in [0.1, 0.15) is 0 Å². The van der Waals surface area contributed by atoms with Gasteiger partial charge in [0, 0.05) is 0 Å². The number of rotatable bonds is 1. The van der Waals surface area contributed by atoms with Crippen LogP contribution in [0, 0.1) is 0 Å². The molecule has 7 heavy (non-hydrogen) atoms. The van der Waals surface area contributed by atoms with Crippen LogP contribution >= 0.6 is 0 Å². The Labute approximate surface area is 126 Å². The van der Waals surface area contributed by atoms with Crippen molar-refractivity contribution in [2.75, 3.05) is 0 Å². The molecular weight excluding hydrogens is 156 g/mol. The van der Waals surface area contributed by atoms with E-state index in [0.29, 0.717) is 0 Å². The summed E-state index contributed by atoms with van der Waals surface area (Å²) in [4.78, 5) is 2.28. The largest absolute Gasteiger partial charge is 1.00 e. The molecule has 0 saturated carbocycles.